The maximum Gasteiger partial charge on any atom is 0.267 e. The molecule has 2 heterocycles. The normalized spacial score (nSPS) is 17.0. The van der Waals surface area contributed by atoms with E-state index in [9.17, 15) is 4.79 Å². The van der Waals surface area contributed by atoms with E-state index in [4.69, 9.17) is 4.42 Å². The zero-order valence-corrected chi connectivity index (χ0v) is 18.6. The van der Waals surface area contributed by atoms with E-state index in [0.717, 1.165) is 21.2 Å². The van der Waals surface area contributed by atoms with Crippen molar-refractivity contribution in [1.82, 2.24) is 4.90 Å². The molecule has 1 fully saturated rings. The van der Waals surface area contributed by atoms with Gasteiger partial charge in [-0.2, -0.15) is 5.10 Å². The summed E-state index contributed by atoms with van der Waals surface area (Å²) < 4.78 is 6.40. The second-order valence-electron chi connectivity index (χ2n) is 6.62. The van der Waals surface area contributed by atoms with E-state index >= 15 is 0 Å². The molecule has 0 radical (unpaired) electrons. The third-order valence-electron chi connectivity index (χ3n) is 4.46. The minimum atomic E-state index is -0.115. The smallest absolute Gasteiger partial charge is 0.267 e. The summed E-state index contributed by atoms with van der Waals surface area (Å²) in [7, 11) is 0. The summed E-state index contributed by atoms with van der Waals surface area (Å²) in [6.07, 6.45) is 5.16. The second-order valence-corrected chi connectivity index (χ2v) is 8.54. The van der Waals surface area contributed by atoms with Gasteiger partial charge in [0.25, 0.3) is 5.91 Å². The zero-order chi connectivity index (χ0) is 20.9. The van der Waals surface area contributed by atoms with E-state index in [2.05, 4.69) is 26.1 Å². The fraction of sp³-hybridized carbons (Fsp3) is 0.0870. The molecule has 30 heavy (non-hydrogen) atoms. The molecule has 4 rings (SSSR count). The highest BCUT2D eigenvalue weighted by atomic mass is 79.9. The van der Waals surface area contributed by atoms with Crippen LogP contribution in [-0.2, 0) is 11.3 Å². The number of carbonyl (C=O) groups excluding carboxylic acids is 1. The molecule has 0 bridgehead atoms. The molecule has 1 aliphatic rings. The van der Waals surface area contributed by atoms with Crippen molar-refractivity contribution < 1.29 is 9.21 Å². The van der Waals surface area contributed by atoms with E-state index in [1.54, 1.807) is 23.4 Å². The fourth-order valence-corrected chi connectivity index (χ4v) is 4.24. The average molecular weight is 480 g/mol. The van der Waals surface area contributed by atoms with Crippen LogP contribution in [0.25, 0.3) is 6.08 Å². The molecule has 0 spiro atoms. The van der Waals surface area contributed by atoms with E-state index in [1.807, 2.05) is 67.6 Å². The molecule has 2 aromatic carbocycles. The maximum atomic E-state index is 13.1. The van der Waals surface area contributed by atoms with Gasteiger partial charge in [0.2, 0.25) is 0 Å². The Balaban J connectivity index is 1.64. The van der Waals surface area contributed by atoms with Crippen molar-refractivity contribution >= 4 is 51.1 Å². The van der Waals surface area contributed by atoms with E-state index < -0.39 is 0 Å². The molecule has 1 aromatic heterocycles. The molecule has 1 aliphatic heterocycles. The molecule has 1 saturated heterocycles. The Morgan fingerprint density at radius 1 is 1.13 bits per heavy atom. The number of nitrogens with zero attached hydrogens (tertiary/aromatic N) is 3. The van der Waals surface area contributed by atoms with Crippen LogP contribution in [0, 0.1) is 6.92 Å². The van der Waals surface area contributed by atoms with Gasteiger partial charge in [-0.25, -0.2) is 0 Å². The van der Waals surface area contributed by atoms with Crippen LogP contribution in [0.15, 0.2) is 90.9 Å². The van der Waals surface area contributed by atoms with Gasteiger partial charge in [-0.05, 0) is 65.7 Å². The number of amidine groups is 1. The van der Waals surface area contributed by atoms with Gasteiger partial charge < -0.3 is 4.42 Å². The van der Waals surface area contributed by atoms with Gasteiger partial charge in [-0.1, -0.05) is 52.3 Å². The number of benzene rings is 2. The molecule has 0 unspecified atom stereocenters. The van der Waals surface area contributed by atoms with Crippen molar-refractivity contribution in [2.24, 2.45) is 10.2 Å². The molecule has 1 amide bonds. The molecule has 0 aliphatic carbocycles. The monoisotopic (exact) mass is 479 g/mol. The number of carbonyl (C=O) groups is 1. The van der Waals surface area contributed by atoms with Crippen LogP contribution < -0.4 is 0 Å². The molecule has 0 saturated carbocycles. The van der Waals surface area contributed by atoms with E-state index in [-0.39, 0.29) is 5.91 Å². The highest BCUT2D eigenvalue weighted by Crippen LogP contribution is 2.34. The molecule has 0 N–H and O–H groups in total. The zero-order valence-electron chi connectivity index (χ0n) is 16.2. The van der Waals surface area contributed by atoms with Gasteiger partial charge in [-0.15, -0.1) is 5.10 Å². The predicted molar refractivity (Wildman–Crippen MR) is 125 cm³/mol. The van der Waals surface area contributed by atoms with Crippen LogP contribution in [-0.4, -0.2) is 22.2 Å². The van der Waals surface area contributed by atoms with Gasteiger partial charge in [-0.3, -0.25) is 9.69 Å². The molecule has 150 valence electrons. The number of rotatable bonds is 5. The summed E-state index contributed by atoms with van der Waals surface area (Å²) in [6, 6.07) is 19.4. The molecule has 3 aromatic rings. The van der Waals surface area contributed by atoms with Crippen LogP contribution in [0.3, 0.4) is 0 Å². The quantitative estimate of drug-likeness (QED) is 0.261. The third-order valence-corrected chi connectivity index (χ3v) is 5.95. The van der Waals surface area contributed by atoms with Crippen molar-refractivity contribution in [2.45, 2.75) is 13.5 Å². The first-order chi connectivity index (χ1) is 14.6. The van der Waals surface area contributed by atoms with Crippen molar-refractivity contribution in [3.8, 4) is 0 Å². The molecular formula is C23H18BrN3O2S. The summed E-state index contributed by atoms with van der Waals surface area (Å²) in [5.41, 5.74) is 3.02. The lowest BCUT2D eigenvalue weighted by Gasteiger charge is -2.12. The van der Waals surface area contributed by atoms with Crippen LogP contribution in [0.4, 0.5) is 0 Å². The van der Waals surface area contributed by atoms with Gasteiger partial charge in [0.1, 0.15) is 5.76 Å². The lowest BCUT2D eigenvalue weighted by atomic mass is 10.1. The predicted octanol–water partition coefficient (Wildman–Crippen LogP) is 5.86. The van der Waals surface area contributed by atoms with Gasteiger partial charge in [0.15, 0.2) is 5.17 Å². The standard InChI is InChI=1S/C23H18BrN3O2S/c1-16-6-2-3-8-18(16)13-21-22(28)27(15-20-10-5-11-29-20)23(30-21)26-25-14-17-7-4-9-19(24)12-17/h2-14H,15H2,1H3/b21-13-,25-14+,26-23-. The van der Waals surface area contributed by atoms with E-state index in [0.29, 0.717) is 22.4 Å². The van der Waals surface area contributed by atoms with Crippen molar-refractivity contribution in [3.05, 3.63) is 98.8 Å². The number of amides is 1. The Morgan fingerprint density at radius 3 is 2.77 bits per heavy atom. The lowest BCUT2D eigenvalue weighted by Crippen LogP contribution is -2.28. The van der Waals surface area contributed by atoms with Crippen molar-refractivity contribution in [2.75, 3.05) is 0 Å². The largest absolute Gasteiger partial charge is 0.467 e. The number of furan rings is 1. The van der Waals surface area contributed by atoms with Crippen molar-refractivity contribution in [3.63, 3.8) is 0 Å². The minimum Gasteiger partial charge on any atom is -0.467 e. The fourth-order valence-electron chi connectivity index (χ4n) is 2.90. The Kier molecular flexibility index (Phi) is 6.30. The summed E-state index contributed by atoms with van der Waals surface area (Å²) in [5.74, 6) is 0.570. The summed E-state index contributed by atoms with van der Waals surface area (Å²) >= 11 is 4.76. The van der Waals surface area contributed by atoms with Gasteiger partial charge >= 0.3 is 0 Å². The van der Waals surface area contributed by atoms with Gasteiger partial charge in [0.05, 0.1) is 23.9 Å². The first-order valence-corrected chi connectivity index (χ1v) is 10.9. The average Bonchev–Trinajstić information content (AvgIpc) is 3.34. The van der Waals surface area contributed by atoms with E-state index in [1.165, 1.54) is 11.8 Å². The Morgan fingerprint density at radius 2 is 2.00 bits per heavy atom. The molecule has 0 atom stereocenters. The van der Waals surface area contributed by atoms with Crippen LogP contribution >= 0.6 is 27.7 Å². The summed E-state index contributed by atoms with van der Waals surface area (Å²) in [4.78, 5) is 15.3. The first-order valence-electron chi connectivity index (χ1n) is 9.26. The Bertz CT molecular complexity index is 1150. The van der Waals surface area contributed by atoms with Crippen LogP contribution in [0.1, 0.15) is 22.5 Å². The molecular weight excluding hydrogens is 462 g/mol. The number of halogens is 1. The second kappa shape index (κ2) is 9.28. The Hall–Kier alpha value is -2.90. The van der Waals surface area contributed by atoms with Gasteiger partial charge in [0, 0.05) is 4.47 Å². The molecule has 5 nitrogen and oxygen atoms in total. The van der Waals surface area contributed by atoms with Crippen LogP contribution in [0.2, 0.25) is 0 Å². The highest BCUT2D eigenvalue weighted by molar-refractivity contribution is 9.10. The number of thioether (sulfide) groups is 1. The summed E-state index contributed by atoms with van der Waals surface area (Å²) in [6.45, 7) is 2.32. The lowest BCUT2D eigenvalue weighted by molar-refractivity contribution is -0.122. The van der Waals surface area contributed by atoms with Crippen molar-refractivity contribution in [1.29, 1.82) is 0 Å². The topological polar surface area (TPSA) is 58.2 Å². The number of aryl methyl sites for hydroxylation is 1. The first kappa shape index (κ1) is 20.4. The number of hydrogen-bond donors (Lipinski definition) is 0. The van der Waals surface area contributed by atoms with Crippen LogP contribution in [0.5, 0.6) is 0 Å². The minimum absolute atomic E-state index is 0.115. The molecule has 7 heteroatoms. The summed E-state index contributed by atoms with van der Waals surface area (Å²) in [5, 5.41) is 9.05. The highest BCUT2D eigenvalue weighted by Gasteiger charge is 2.34. The maximum absolute atomic E-state index is 13.1. The third kappa shape index (κ3) is 4.80. The Labute approximate surface area is 187 Å². The SMILES string of the molecule is Cc1ccccc1/C=C1\S/C(=N\N=C\c2cccc(Br)c2)N(Cc2ccco2)C1=O. The number of hydrogen-bond acceptors (Lipinski definition) is 5.